The highest BCUT2D eigenvalue weighted by Gasteiger charge is 2.62. The molecule has 2 fully saturated rings. The van der Waals surface area contributed by atoms with E-state index in [0.29, 0.717) is 63.0 Å². The third-order valence-corrected chi connectivity index (χ3v) is 14.5. The summed E-state index contributed by atoms with van der Waals surface area (Å²) in [6.07, 6.45) is 0.555. The lowest BCUT2D eigenvalue weighted by Crippen LogP contribution is -2.70. The lowest BCUT2D eigenvalue weighted by molar-refractivity contribution is -0.157. The number of para-hydroxylation sites is 1. The van der Waals surface area contributed by atoms with Gasteiger partial charge in [-0.1, -0.05) is 31.2 Å². The van der Waals surface area contributed by atoms with Gasteiger partial charge in [-0.2, -0.15) is 5.26 Å². The van der Waals surface area contributed by atoms with E-state index in [1.807, 2.05) is 44.2 Å². The number of nitrogens with zero attached hydrogens (tertiary/aromatic N) is 2. The van der Waals surface area contributed by atoms with Crippen molar-refractivity contribution in [1.82, 2.24) is 15.5 Å². The number of nitriles is 1. The number of hydrogen-bond acceptors (Lipinski definition) is 15. The van der Waals surface area contributed by atoms with Crippen molar-refractivity contribution < 1.29 is 42.8 Å². The largest absolute Gasteiger partial charge is 0.504 e. The quantitative estimate of drug-likeness (QED) is 0.167. The summed E-state index contributed by atoms with van der Waals surface area (Å²) in [7, 11) is 1.54. The van der Waals surface area contributed by atoms with Crippen molar-refractivity contribution >= 4 is 34.7 Å². The zero-order valence-electron chi connectivity index (χ0n) is 32.1. The summed E-state index contributed by atoms with van der Waals surface area (Å²) in [5.41, 5.74) is 10.8. The molecule has 8 heterocycles. The molecule has 14 nitrogen and oxygen atoms in total. The first-order valence-electron chi connectivity index (χ1n) is 19.3. The Labute approximate surface area is 332 Å². The third kappa shape index (κ3) is 4.91. The first-order valence-corrected chi connectivity index (χ1v) is 20.3. The van der Waals surface area contributed by atoms with Crippen LogP contribution in [0, 0.1) is 25.2 Å². The molecule has 7 aliphatic heterocycles. The number of ether oxygens (including phenoxy) is 5. The first-order chi connectivity index (χ1) is 27.5. The Morgan fingerprint density at radius 3 is 2.70 bits per heavy atom. The second-order valence-corrected chi connectivity index (χ2v) is 17.1. The molecule has 0 amide bonds. The van der Waals surface area contributed by atoms with Crippen LogP contribution in [0.25, 0.3) is 11.0 Å². The Bertz CT molecular complexity index is 2450. The topological polar surface area (TPSA) is 191 Å². The van der Waals surface area contributed by atoms with Crippen LogP contribution in [-0.2, 0) is 26.3 Å². The molecule has 4 aromatic rings. The van der Waals surface area contributed by atoms with Gasteiger partial charge in [-0.05, 0) is 43.4 Å². The van der Waals surface area contributed by atoms with Gasteiger partial charge in [0.05, 0.1) is 30.5 Å². The summed E-state index contributed by atoms with van der Waals surface area (Å²) >= 11 is 1.47. The van der Waals surface area contributed by atoms with Crippen LogP contribution in [0.1, 0.15) is 81.8 Å². The molecule has 0 saturated carbocycles. The van der Waals surface area contributed by atoms with Crippen molar-refractivity contribution in [2.75, 3.05) is 32.8 Å². The van der Waals surface area contributed by atoms with E-state index in [1.165, 1.54) is 25.8 Å². The SMILES string of the molecule is COc1c(C)cc2c(c1O)[C@H]1N[C@@H](C2C)[C@H](C#N)N2[C@H]1[C@@H]1SC[C@]3(N[C@H](CN)Cc4c3oc3ccccc43)C(=O)OC[C@H]2c2c3c(c(C)c(OC(C)=O)c21)OCO3. The molecule has 1 aromatic heterocycles. The fraction of sp³-hybridized carbons (Fsp3) is 0.452. The minimum Gasteiger partial charge on any atom is -0.504 e. The van der Waals surface area contributed by atoms with Crippen LogP contribution in [0.4, 0.5) is 0 Å². The normalized spacial score (nSPS) is 30.8. The maximum atomic E-state index is 15.0. The molecule has 57 heavy (non-hydrogen) atoms. The van der Waals surface area contributed by atoms with E-state index in [9.17, 15) is 15.2 Å². The van der Waals surface area contributed by atoms with Gasteiger partial charge in [0.15, 0.2) is 28.5 Å². The Hall–Kier alpha value is -4.98. The zero-order valence-corrected chi connectivity index (χ0v) is 33.0. The molecule has 2 saturated heterocycles. The molecule has 0 aliphatic carbocycles. The number of phenolic OH excluding ortho intramolecular Hbond substituents is 1. The van der Waals surface area contributed by atoms with Crippen molar-refractivity contribution in [1.29, 1.82) is 5.26 Å². The number of phenols is 1. The number of carbonyl (C=O) groups excluding carboxylic acids is 2. The van der Waals surface area contributed by atoms with Crippen LogP contribution in [0.3, 0.4) is 0 Å². The molecule has 4 bridgehead atoms. The molecule has 296 valence electrons. The van der Waals surface area contributed by atoms with Gasteiger partial charge >= 0.3 is 11.9 Å². The Balaban J connectivity index is 1.25. The van der Waals surface area contributed by atoms with Crippen molar-refractivity contribution in [3.05, 3.63) is 75.0 Å². The van der Waals surface area contributed by atoms with Gasteiger partial charge in [-0.15, -0.1) is 11.8 Å². The Morgan fingerprint density at radius 1 is 1.16 bits per heavy atom. The number of thioether (sulfide) groups is 1. The molecule has 1 spiro atoms. The number of aryl methyl sites for hydroxylation is 1. The second-order valence-electron chi connectivity index (χ2n) is 15.9. The van der Waals surface area contributed by atoms with Crippen molar-refractivity contribution in [2.24, 2.45) is 5.73 Å². The fourth-order valence-electron chi connectivity index (χ4n) is 10.6. The van der Waals surface area contributed by atoms with Crippen LogP contribution in [0.2, 0.25) is 0 Å². The van der Waals surface area contributed by atoms with E-state index < -0.39 is 46.9 Å². The monoisotopic (exact) mass is 793 g/mol. The number of piperazine rings is 1. The summed E-state index contributed by atoms with van der Waals surface area (Å²) in [6, 6.07) is 9.16. The number of carbonyl (C=O) groups is 2. The minimum absolute atomic E-state index is 0.0282. The van der Waals surface area contributed by atoms with E-state index in [1.54, 1.807) is 0 Å². The molecular formula is C42H43N5O9S. The first kappa shape index (κ1) is 36.4. The zero-order chi connectivity index (χ0) is 39.7. The standard InChI is InChI=1S/C42H43N5O9S/c1-17-10-23-18(2)31-25(13-44)47-26-14-52-41(50)42(40-24(11-21(12-43)46-42)22-8-6-7-9-27(22)56-40)15-57-39(33(47)32(45-31)28(23)34(49)35(17)51-5)30-29(26)38-37(53-16-54-38)19(3)36(30)55-20(4)48/h6-10,18,21,25-26,31-33,39,45-46,49H,11-12,14-16,43H2,1-5H3/t18?,21-,25-,26-,31-,32+,33+,39+,42+/m0/s1. The van der Waals surface area contributed by atoms with E-state index in [0.717, 1.165) is 22.1 Å². The van der Waals surface area contributed by atoms with Gasteiger partial charge in [0.2, 0.25) is 6.79 Å². The summed E-state index contributed by atoms with van der Waals surface area (Å²) < 4.78 is 37.3. The highest BCUT2D eigenvalue weighted by molar-refractivity contribution is 7.99. The molecule has 0 radical (unpaired) electrons. The number of methoxy groups -OCH3 is 1. The van der Waals surface area contributed by atoms with E-state index in [4.69, 9.17) is 33.8 Å². The predicted octanol–water partition coefficient (Wildman–Crippen LogP) is 4.57. The number of aromatic hydroxyl groups is 1. The van der Waals surface area contributed by atoms with Crippen LogP contribution in [0.5, 0.6) is 28.7 Å². The van der Waals surface area contributed by atoms with Crippen molar-refractivity contribution in [3.8, 4) is 34.8 Å². The Morgan fingerprint density at radius 2 is 1.95 bits per heavy atom. The van der Waals surface area contributed by atoms with Gasteiger partial charge in [0.25, 0.3) is 0 Å². The minimum atomic E-state index is -1.46. The summed E-state index contributed by atoms with van der Waals surface area (Å²) in [4.78, 5) is 30.1. The molecule has 11 rings (SSSR count). The maximum absolute atomic E-state index is 15.0. The van der Waals surface area contributed by atoms with Crippen LogP contribution < -0.4 is 35.3 Å². The number of esters is 2. The highest BCUT2D eigenvalue weighted by Crippen LogP contribution is 2.64. The summed E-state index contributed by atoms with van der Waals surface area (Å²) in [6.45, 7) is 7.16. The van der Waals surface area contributed by atoms with E-state index in [2.05, 4.69) is 28.5 Å². The highest BCUT2D eigenvalue weighted by atomic mass is 32.2. The van der Waals surface area contributed by atoms with E-state index >= 15 is 4.79 Å². The van der Waals surface area contributed by atoms with Gasteiger partial charge in [-0.3, -0.25) is 15.0 Å². The van der Waals surface area contributed by atoms with Gasteiger partial charge < -0.3 is 44.3 Å². The lowest BCUT2D eigenvalue weighted by atomic mass is 9.69. The number of nitrogens with one attached hydrogen (secondary N) is 2. The lowest BCUT2D eigenvalue weighted by Gasteiger charge is -2.60. The van der Waals surface area contributed by atoms with Crippen molar-refractivity contribution in [2.45, 2.75) is 87.1 Å². The summed E-state index contributed by atoms with van der Waals surface area (Å²) in [5.74, 6) is 0.977. The molecule has 5 N–H and O–H groups in total. The van der Waals surface area contributed by atoms with Gasteiger partial charge in [0, 0.05) is 70.6 Å². The van der Waals surface area contributed by atoms with Crippen LogP contribution in [0.15, 0.2) is 34.7 Å². The van der Waals surface area contributed by atoms with Gasteiger partial charge in [-0.25, -0.2) is 4.79 Å². The molecule has 9 atom stereocenters. The molecule has 15 heteroatoms. The van der Waals surface area contributed by atoms with Crippen LogP contribution >= 0.6 is 11.8 Å². The smallest absolute Gasteiger partial charge is 0.335 e. The number of furan rings is 1. The molecule has 7 aliphatic rings. The third-order valence-electron chi connectivity index (χ3n) is 13.0. The molecular weight excluding hydrogens is 751 g/mol. The average Bonchev–Trinajstić information content (AvgIpc) is 3.85. The Kier molecular flexibility index (Phi) is 8.31. The average molecular weight is 794 g/mol. The second kappa shape index (κ2) is 13.0. The number of benzene rings is 3. The van der Waals surface area contributed by atoms with Crippen molar-refractivity contribution in [3.63, 3.8) is 0 Å². The molecule has 3 aromatic carbocycles. The molecule has 1 unspecified atom stereocenters. The van der Waals surface area contributed by atoms with E-state index in [-0.39, 0.29) is 49.4 Å². The number of fused-ring (bicyclic) bond motifs is 11. The van der Waals surface area contributed by atoms with Gasteiger partial charge in [0.1, 0.15) is 29.7 Å². The fourth-order valence-corrected chi connectivity index (χ4v) is 12.3. The number of nitrogens with two attached hydrogens (primary N) is 1. The predicted molar refractivity (Wildman–Crippen MR) is 208 cm³/mol. The van der Waals surface area contributed by atoms with Crippen LogP contribution in [-0.4, -0.2) is 78.9 Å². The summed E-state index contributed by atoms with van der Waals surface area (Å²) in [5, 5.41) is 31.0. The number of rotatable bonds is 3. The number of hydrogen-bond donors (Lipinski definition) is 4. The maximum Gasteiger partial charge on any atom is 0.335 e.